The second kappa shape index (κ2) is 5.78. The number of nitrogens with zero attached hydrogens (tertiary/aromatic N) is 1. The number of aromatic nitrogens is 1. The lowest BCUT2D eigenvalue weighted by Gasteiger charge is -2.07. The van der Waals surface area contributed by atoms with E-state index in [1.807, 2.05) is 0 Å². The number of fused-ring (bicyclic) bond motifs is 1. The molecular weight excluding hydrogens is 274 g/mol. The minimum atomic E-state index is -1.19. The van der Waals surface area contributed by atoms with Gasteiger partial charge < -0.3 is 14.8 Å². The van der Waals surface area contributed by atoms with Crippen LogP contribution in [0.15, 0.2) is 24.3 Å². The van der Waals surface area contributed by atoms with Crippen molar-refractivity contribution in [3.05, 3.63) is 35.5 Å². The number of carbonyl (C=O) groups is 3. The molecule has 0 saturated carbocycles. The van der Waals surface area contributed by atoms with Crippen LogP contribution in [0.2, 0.25) is 0 Å². The number of aryl methyl sites for hydroxylation is 1. The van der Waals surface area contributed by atoms with Gasteiger partial charge in [0, 0.05) is 23.9 Å². The topological polar surface area (TPSA) is 96.6 Å². The van der Waals surface area contributed by atoms with Crippen molar-refractivity contribution in [2.24, 2.45) is 0 Å². The number of aromatic carboxylic acids is 1. The number of hydrogen-bond donors (Lipinski definition) is 2. The van der Waals surface area contributed by atoms with Crippen LogP contribution >= 0.6 is 0 Å². The van der Waals surface area contributed by atoms with Gasteiger partial charge >= 0.3 is 11.9 Å². The maximum Gasteiger partial charge on any atom is 0.353 e. The fraction of sp³-hybridized carbons (Fsp3) is 0.267. The van der Waals surface area contributed by atoms with E-state index in [0.717, 1.165) is 0 Å². The number of Topliss-reactive ketones (excluding diaryl/α,β-unsaturated/α-hetero) is 1. The molecule has 2 aromatic rings. The van der Waals surface area contributed by atoms with Gasteiger partial charge in [0.05, 0.1) is 5.56 Å². The summed E-state index contributed by atoms with van der Waals surface area (Å²) in [6, 6.07) is 6.93. The van der Waals surface area contributed by atoms with E-state index in [9.17, 15) is 19.5 Å². The number of para-hydroxylation sites is 1. The zero-order valence-corrected chi connectivity index (χ0v) is 11.5. The standard InChI is InChI=1S/C15H15NO5/c1-9(17)13-10-5-2-3-6-11(10)16(14(13)15(20)21)8-4-7-12(18)19/h2-3,5-6H,4,7-8H2,1H3,(H,18,19)(H,20,21). The molecule has 2 N–H and O–H groups in total. The normalized spacial score (nSPS) is 10.7. The number of carboxylic acids is 2. The van der Waals surface area contributed by atoms with E-state index in [0.29, 0.717) is 17.3 Å². The second-order valence-corrected chi connectivity index (χ2v) is 4.75. The van der Waals surface area contributed by atoms with Crippen LogP contribution in [0.5, 0.6) is 0 Å². The van der Waals surface area contributed by atoms with Crippen molar-refractivity contribution in [3.8, 4) is 0 Å². The van der Waals surface area contributed by atoms with Gasteiger partial charge in [-0.05, 0) is 19.4 Å². The van der Waals surface area contributed by atoms with Crippen LogP contribution in [0.4, 0.5) is 0 Å². The van der Waals surface area contributed by atoms with Crippen molar-refractivity contribution in [2.75, 3.05) is 0 Å². The minimum absolute atomic E-state index is 0.0546. The molecule has 0 atom stereocenters. The van der Waals surface area contributed by atoms with Crippen molar-refractivity contribution in [3.63, 3.8) is 0 Å². The Bertz CT molecular complexity index is 729. The van der Waals surface area contributed by atoms with Crippen LogP contribution in [0.3, 0.4) is 0 Å². The molecule has 6 heteroatoms. The summed E-state index contributed by atoms with van der Waals surface area (Å²) >= 11 is 0. The van der Waals surface area contributed by atoms with Crippen LogP contribution < -0.4 is 0 Å². The van der Waals surface area contributed by atoms with Gasteiger partial charge in [-0.2, -0.15) is 0 Å². The molecule has 0 aliphatic heterocycles. The molecule has 110 valence electrons. The predicted octanol–water partition coefficient (Wildman–Crippen LogP) is 2.41. The largest absolute Gasteiger partial charge is 0.481 e. The number of ketones is 1. The van der Waals surface area contributed by atoms with Crippen LogP contribution in [0.1, 0.15) is 40.6 Å². The molecule has 0 spiro atoms. The Morgan fingerprint density at radius 1 is 1.14 bits per heavy atom. The van der Waals surface area contributed by atoms with Crippen molar-refractivity contribution in [2.45, 2.75) is 26.3 Å². The maximum absolute atomic E-state index is 11.8. The SMILES string of the molecule is CC(=O)c1c(C(=O)O)n(CCCC(=O)O)c2ccccc12. The molecule has 0 bridgehead atoms. The molecule has 0 fully saturated rings. The summed E-state index contributed by atoms with van der Waals surface area (Å²) in [6.07, 6.45) is 0.243. The zero-order valence-electron chi connectivity index (χ0n) is 11.5. The molecule has 1 aromatic heterocycles. The number of carbonyl (C=O) groups excluding carboxylic acids is 1. The highest BCUT2D eigenvalue weighted by Crippen LogP contribution is 2.27. The lowest BCUT2D eigenvalue weighted by Crippen LogP contribution is -2.13. The van der Waals surface area contributed by atoms with E-state index >= 15 is 0 Å². The quantitative estimate of drug-likeness (QED) is 0.796. The minimum Gasteiger partial charge on any atom is -0.481 e. The van der Waals surface area contributed by atoms with Crippen LogP contribution in [0.25, 0.3) is 10.9 Å². The third-order valence-corrected chi connectivity index (χ3v) is 3.30. The van der Waals surface area contributed by atoms with Crippen molar-refractivity contribution in [1.29, 1.82) is 0 Å². The molecule has 0 aliphatic carbocycles. The van der Waals surface area contributed by atoms with Crippen molar-refractivity contribution >= 4 is 28.6 Å². The summed E-state index contributed by atoms with van der Waals surface area (Å²) < 4.78 is 1.51. The molecule has 1 aromatic carbocycles. The third-order valence-electron chi connectivity index (χ3n) is 3.30. The summed E-state index contributed by atoms with van der Waals surface area (Å²) in [5.41, 5.74) is 0.730. The lowest BCUT2D eigenvalue weighted by molar-refractivity contribution is -0.137. The van der Waals surface area contributed by atoms with Gasteiger partial charge in [-0.3, -0.25) is 9.59 Å². The maximum atomic E-state index is 11.8. The fourth-order valence-corrected chi connectivity index (χ4v) is 2.50. The number of benzene rings is 1. The van der Waals surface area contributed by atoms with E-state index in [1.54, 1.807) is 24.3 Å². The van der Waals surface area contributed by atoms with E-state index in [1.165, 1.54) is 11.5 Å². The van der Waals surface area contributed by atoms with Crippen molar-refractivity contribution in [1.82, 2.24) is 4.57 Å². The molecule has 1 heterocycles. The number of carboxylic acid groups (broad SMARTS) is 2. The molecule has 0 saturated heterocycles. The Balaban J connectivity index is 2.61. The third kappa shape index (κ3) is 2.79. The number of hydrogen-bond acceptors (Lipinski definition) is 3. The summed E-state index contributed by atoms with van der Waals surface area (Å²) in [5, 5.41) is 18.7. The van der Waals surface area contributed by atoms with Crippen LogP contribution in [0, 0.1) is 0 Å². The number of aliphatic carboxylic acids is 1. The first-order valence-corrected chi connectivity index (χ1v) is 6.50. The Morgan fingerprint density at radius 3 is 2.38 bits per heavy atom. The first kappa shape index (κ1) is 14.8. The molecule has 0 aliphatic rings. The zero-order chi connectivity index (χ0) is 15.6. The number of rotatable bonds is 6. The Morgan fingerprint density at radius 2 is 1.81 bits per heavy atom. The average Bonchev–Trinajstić information content (AvgIpc) is 2.73. The Hall–Kier alpha value is -2.63. The van der Waals surface area contributed by atoms with Crippen LogP contribution in [-0.2, 0) is 11.3 Å². The monoisotopic (exact) mass is 289 g/mol. The predicted molar refractivity (Wildman–Crippen MR) is 75.8 cm³/mol. The molecule has 0 amide bonds. The average molecular weight is 289 g/mol. The summed E-state index contributed by atoms with van der Waals surface area (Å²) in [7, 11) is 0. The summed E-state index contributed by atoms with van der Waals surface area (Å²) in [6.45, 7) is 1.57. The highest BCUT2D eigenvalue weighted by atomic mass is 16.4. The first-order chi connectivity index (χ1) is 9.93. The van der Waals surface area contributed by atoms with Gasteiger partial charge in [-0.25, -0.2) is 4.79 Å². The van der Waals surface area contributed by atoms with Gasteiger partial charge in [-0.1, -0.05) is 18.2 Å². The lowest BCUT2D eigenvalue weighted by atomic mass is 10.1. The van der Waals surface area contributed by atoms with Gasteiger partial charge in [0.1, 0.15) is 5.69 Å². The fourth-order valence-electron chi connectivity index (χ4n) is 2.50. The summed E-state index contributed by atoms with van der Waals surface area (Å²) in [5.74, 6) is -2.44. The molecule has 0 unspecified atom stereocenters. The smallest absolute Gasteiger partial charge is 0.353 e. The van der Waals surface area contributed by atoms with Gasteiger partial charge in [0.2, 0.25) is 0 Å². The Kier molecular flexibility index (Phi) is 4.07. The highest BCUT2D eigenvalue weighted by molar-refractivity contribution is 6.14. The van der Waals surface area contributed by atoms with Gasteiger partial charge in [0.15, 0.2) is 5.78 Å². The van der Waals surface area contributed by atoms with E-state index in [-0.39, 0.29) is 30.0 Å². The second-order valence-electron chi connectivity index (χ2n) is 4.75. The van der Waals surface area contributed by atoms with Crippen LogP contribution in [-0.4, -0.2) is 32.5 Å². The molecule has 2 rings (SSSR count). The molecule has 21 heavy (non-hydrogen) atoms. The first-order valence-electron chi connectivity index (χ1n) is 6.50. The van der Waals surface area contributed by atoms with Gasteiger partial charge in [-0.15, -0.1) is 0 Å². The molecule has 6 nitrogen and oxygen atoms in total. The van der Waals surface area contributed by atoms with E-state index in [4.69, 9.17) is 5.11 Å². The Labute approximate surface area is 120 Å². The van der Waals surface area contributed by atoms with Crippen molar-refractivity contribution < 1.29 is 24.6 Å². The van der Waals surface area contributed by atoms with E-state index < -0.39 is 11.9 Å². The molecular formula is C15H15NO5. The van der Waals surface area contributed by atoms with Gasteiger partial charge in [0.25, 0.3) is 0 Å². The van der Waals surface area contributed by atoms with E-state index in [2.05, 4.69) is 0 Å². The molecule has 0 radical (unpaired) electrons. The summed E-state index contributed by atoms with van der Waals surface area (Å²) in [4.78, 5) is 33.9. The highest BCUT2D eigenvalue weighted by Gasteiger charge is 2.24.